The molecule has 3 heterocycles. The van der Waals surface area contributed by atoms with Crippen molar-refractivity contribution in [2.45, 2.75) is 53.0 Å². The van der Waals surface area contributed by atoms with Crippen LogP contribution in [-0.4, -0.2) is 34.7 Å². The summed E-state index contributed by atoms with van der Waals surface area (Å²) in [5, 5.41) is 0.921. The number of hydrogen-bond acceptors (Lipinski definition) is 5. The van der Waals surface area contributed by atoms with Gasteiger partial charge in [0, 0.05) is 37.3 Å². The van der Waals surface area contributed by atoms with Gasteiger partial charge < -0.3 is 14.2 Å². The van der Waals surface area contributed by atoms with E-state index >= 15 is 4.39 Å². The van der Waals surface area contributed by atoms with Gasteiger partial charge >= 0.3 is 5.97 Å². The second kappa shape index (κ2) is 7.27. The highest BCUT2D eigenvalue weighted by molar-refractivity contribution is 6.07. The fourth-order valence-electron chi connectivity index (χ4n) is 6.47. The predicted molar refractivity (Wildman–Crippen MR) is 127 cm³/mol. The van der Waals surface area contributed by atoms with Crippen LogP contribution in [0.2, 0.25) is 0 Å². The summed E-state index contributed by atoms with van der Waals surface area (Å²) < 4.78 is 22.2. The van der Waals surface area contributed by atoms with E-state index in [2.05, 4.69) is 30.7 Å². The van der Waals surface area contributed by atoms with E-state index in [0.717, 1.165) is 25.8 Å². The molecule has 3 aromatic rings. The molecule has 174 valence electrons. The smallest absolute Gasteiger partial charge is 0.343 e. The average Bonchev–Trinajstić information content (AvgIpc) is 2.97. The maximum atomic E-state index is 15.4. The van der Waals surface area contributed by atoms with Crippen molar-refractivity contribution in [3.63, 3.8) is 0 Å². The van der Waals surface area contributed by atoms with Gasteiger partial charge in [0.15, 0.2) is 0 Å². The van der Waals surface area contributed by atoms with Gasteiger partial charge in [-0.2, -0.15) is 0 Å². The van der Waals surface area contributed by atoms with E-state index < -0.39 is 11.4 Å². The van der Waals surface area contributed by atoms with Gasteiger partial charge in [-0.25, -0.2) is 9.18 Å². The molecule has 2 bridgehead atoms. The van der Waals surface area contributed by atoms with Gasteiger partial charge in [0.25, 0.3) is 0 Å². The molecule has 2 unspecified atom stereocenters. The summed E-state index contributed by atoms with van der Waals surface area (Å²) in [6, 6.07) is 3.43. The van der Waals surface area contributed by atoms with Gasteiger partial charge in [0.05, 0.1) is 34.9 Å². The lowest BCUT2D eigenvalue weighted by atomic mass is 9.65. The highest BCUT2D eigenvalue weighted by Crippen LogP contribution is 2.53. The van der Waals surface area contributed by atoms with E-state index in [1.807, 2.05) is 0 Å². The average molecular weight is 452 g/mol. The van der Waals surface area contributed by atoms with Crippen LogP contribution in [0.15, 0.2) is 29.3 Å². The number of benzene rings is 1. The number of pyridine rings is 2. The first-order valence-electron chi connectivity index (χ1n) is 11.6. The van der Waals surface area contributed by atoms with Crippen molar-refractivity contribution in [2.75, 3.05) is 18.1 Å². The normalized spacial score (nSPS) is 23.9. The maximum Gasteiger partial charge on any atom is 0.343 e. The van der Waals surface area contributed by atoms with Crippen molar-refractivity contribution >= 4 is 33.5 Å². The number of nitrogens with zero attached hydrogens (tertiary/aromatic N) is 3. The molecule has 2 atom stereocenters. The Hall–Kier alpha value is -2.96. The topological polar surface area (TPSA) is 64.4 Å². The highest BCUT2D eigenvalue weighted by atomic mass is 19.1. The van der Waals surface area contributed by atoms with Gasteiger partial charge in [0.1, 0.15) is 11.4 Å². The standard InChI is InChI=1S/C26H30FN3O3/c1-6-33-24(32)17-12-29(5)21-11-28-19-8-18(27)20(7-16(19)22(21)23(17)31)30-14-26(4)10-15(30)9-25(2,3)13-26/h7-8,11-12,15H,6,9-10,13-14H2,1-5H3. The number of anilines is 1. The van der Waals surface area contributed by atoms with Crippen LogP contribution in [0.3, 0.4) is 0 Å². The lowest BCUT2D eigenvalue weighted by Crippen LogP contribution is -2.35. The molecule has 2 aromatic heterocycles. The number of aromatic nitrogens is 2. The summed E-state index contributed by atoms with van der Waals surface area (Å²) >= 11 is 0. The van der Waals surface area contributed by atoms with Gasteiger partial charge in [0.2, 0.25) is 5.43 Å². The minimum absolute atomic E-state index is 0.0310. The fraction of sp³-hybridized carbons (Fsp3) is 0.500. The Morgan fingerprint density at radius 1 is 1.27 bits per heavy atom. The molecule has 1 saturated carbocycles. The van der Waals surface area contributed by atoms with E-state index in [0.29, 0.717) is 27.5 Å². The van der Waals surface area contributed by atoms with Crippen LogP contribution in [0.4, 0.5) is 10.1 Å². The summed E-state index contributed by atoms with van der Waals surface area (Å²) in [5.41, 5.74) is 1.39. The molecule has 5 rings (SSSR count). The molecule has 7 heteroatoms. The van der Waals surface area contributed by atoms with Crippen molar-refractivity contribution in [3.8, 4) is 0 Å². The van der Waals surface area contributed by atoms with Crippen LogP contribution < -0.4 is 10.3 Å². The number of carbonyl (C=O) groups excluding carboxylic acids is 1. The molecule has 0 radical (unpaired) electrons. The van der Waals surface area contributed by atoms with E-state index in [-0.39, 0.29) is 34.9 Å². The van der Waals surface area contributed by atoms with E-state index in [4.69, 9.17) is 4.74 Å². The van der Waals surface area contributed by atoms with Crippen molar-refractivity contribution in [1.82, 2.24) is 9.55 Å². The lowest BCUT2D eigenvalue weighted by molar-refractivity contribution is 0.0524. The first-order chi connectivity index (χ1) is 15.5. The molecule has 2 aliphatic rings. The first-order valence-corrected chi connectivity index (χ1v) is 11.6. The van der Waals surface area contributed by atoms with Gasteiger partial charge in [-0.3, -0.25) is 9.78 Å². The second-order valence-electron chi connectivity index (χ2n) is 10.9. The highest BCUT2D eigenvalue weighted by Gasteiger charge is 2.50. The maximum absolute atomic E-state index is 15.4. The molecule has 1 aliphatic heterocycles. The summed E-state index contributed by atoms with van der Waals surface area (Å²) in [6.07, 6.45) is 6.18. The zero-order chi connectivity index (χ0) is 23.7. The largest absolute Gasteiger partial charge is 0.462 e. The predicted octanol–water partition coefficient (Wildman–Crippen LogP) is 4.81. The Morgan fingerprint density at radius 3 is 2.76 bits per heavy atom. The van der Waals surface area contributed by atoms with Crippen molar-refractivity contribution < 1.29 is 13.9 Å². The van der Waals surface area contributed by atoms with Gasteiger partial charge in [-0.15, -0.1) is 0 Å². The second-order valence-corrected chi connectivity index (χ2v) is 10.9. The molecule has 2 fully saturated rings. The Labute approximate surface area is 192 Å². The number of ether oxygens (including phenoxy) is 1. The summed E-state index contributed by atoms with van der Waals surface area (Å²) in [4.78, 5) is 32.4. The summed E-state index contributed by atoms with van der Waals surface area (Å²) in [6.45, 7) is 9.53. The Bertz CT molecular complexity index is 1360. The third-order valence-corrected chi connectivity index (χ3v) is 7.31. The number of aryl methyl sites for hydroxylation is 1. The number of hydrogen-bond donors (Lipinski definition) is 0. The van der Waals surface area contributed by atoms with Crippen LogP contribution in [0, 0.1) is 16.6 Å². The van der Waals surface area contributed by atoms with E-state index in [1.165, 1.54) is 12.3 Å². The molecular formula is C26H30FN3O3. The molecular weight excluding hydrogens is 421 g/mol. The zero-order valence-electron chi connectivity index (χ0n) is 19.9. The molecule has 0 spiro atoms. The van der Waals surface area contributed by atoms with Crippen LogP contribution in [0.25, 0.3) is 21.8 Å². The third kappa shape index (κ3) is 3.49. The molecule has 6 nitrogen and oxygen atoms in total. The molecule has 1 saturated heterocycles. The Balaban J connectivity index is 1.73. The van der Waals surface area contributed by atoms with Crippen LogP contribution in [0.1, 0.15) is 57.3 Å². The zero-order valence-corrected chi connectivity index (χ0v) is 19.9. The number of halogens is 1. The molecule has 33 heavy (non-hydrogen) atoms. The quantitative estimate of drug-likeness (QED) is 0.423. The van der Waals surface area contributed by atoms with Gasteiger partial charge in [-0.05, 0) is 43.1 Å². The van der Waals surface area contributed by atoms with Gasteiger partial charge in [-0.1, -0.05) is 20.8 Å². The minimum Gasteiger partial charge on any atom is -0.462 e. The first kappa shape index (κ1) is 21.9. The Morgan fingerprint density at radius 2 is 2.03 bits per heavy atom. The fourth-order valence-corrected chi connectivity index (χ4v) is 6.47. The van der Waals surface area contributed by atoms with Crippen molar-refractivity contribution in [2.24, 2.45) is 17.9 Å². The minimum atomic E-state index is -0.657. The number of fused-ring (bicyclic) bond motifs is 5. The lowest BCUT2D eigenvalue weighted by Gasteiger charge is -2.39. The molecule has 1 aromatic carbocycles. The Kier molecular flexibility index (Phi) is 4.82. The summed E-state index contributed by atoms with van der Waals surface area (Å²) in [7, 11) is 1.76. The third-order valence-electron chi connectivity index (χ3n) is 7.31. The molecule has 1 aliphatic carbocycles. The van der Waals surface area contributed by atoms with Crippen molar-refractivity contribution in [1.29, 1.82) is 0 Å². The van der Waals surface area contributed by atoms with Crippen LogP contribution >= 0.6 is 0 Å². The molecule has 0 N–H and O–H groups in total. The number of esters is 1. The monoisotopic (exact) mass is 451 g/mol. The van der Waals surface area contributed by atoms with Crippen molar-refractivity contribution in [3.05, 3.63) is 46.1 Å². The molecule has 0 amide bonds. The number of carbonyl (C=O) groups is 1. The summed E-state index contributed by atoms with van der Waals surface area (Å²) in [5.74, 6) is -0.988. The van der Waals surface area contributed by atoms with E-state index in [9.17, 15) is 9.59 Å². The van der Waals surface area contributed by atoms with Crippen LogP contribution in [-0.2, 0) is 11.8 Å². The SMILES string of the molecule is CCOC(=O)c1cn(C)c2cnc3cc(F)c(N4CC5(C)CC4CC(C)(C)C5)cc3c2c1=O. The van der Waals surface area contributed by atoms with E-state index in [1.54, 1.807) is 30.8 Å². The van der Waals surface area contributed by atoms with Crippen LogP contribution in [0.5, 0.6) is 0 Å². The number of rotatable bonds is 3.